The lowest BCUT2D eigenvalue weighted by Gasteiger charge is -2.27. The van der Waals surface area contributed by atoms with E-state index in [1.54, 1.807) is 0 Å². The molecular weight excluding hydrogens is 198 g/mol. The highest BCUT2D eigenvalue weighted by Gasteiger charge is 2.16. The second-order valence-electron chi connectivity index (χ2n) is 4.87. The highest BCUT2D eigenvalue weighted by molar-refractivity contribution is 5.41. The van der Waals surface area contributed by atoms with E-state index in [0.717, 1.165) is 31.4 Å². The van der Waals surface area contributed by atoms with Crippen molar-refractivity contribution < 1.29 is 4.74 Å². The molecule has 2 rings (SSSR count). The van der Waals surface area contributed by atoms with Gasteiger partial charge >= 0.3 is 0 Å². The van der Waals surface area contributed by atoms with E-state index in [2.05, 4.69) is 38.2 Å². The van der Waals surface area contributed by atoms with Crippen LogP contribution in [0, 0.1) is 26.7 Å². The van der Waals surface area contributed by atoms with E-state index in [1.165, 1.54) is 23.1 Å². The first-order valence-corrected chi connectivity index (χ1v) is 6.08. The molecule has 0 saturated carbocycles. The van der Waals surface area contributed by atoms with Gasteiger partial charge in [-0.15, -0.1) is 0 Å². The predicted molar refractivity (Wildman–Crippen MR) is 67.1 cm³/mol. The molecule has 0 spiro atoms. The van der Waals surface area contributed by atoms with Gasteiger partial charge in [-0.1, -0.05) is 6.07 Å². The highest BCUT2D eigenvalue weighted by Crippen LogP contribution is 2.23. The van der Waals surface area contributed by atoms with Crippen LogP contribution in [0.4, 0.5) is 0 Å². The van der Waals surface area contributed by atoms with Gasteiger partial charge in [0.2, 0.25) is 0 Å². The van der Waals surface area contributed by atoms with Gasteiger partial charge in [0.15, 0.2) is 0 Å². The molecule has 1 aromatic rings. The van der Waals surface area contributed by atoms with Crippen LogP contribution in [0.2, 0.25) is 0 Å². The Bertz CT molecular complexity index is 369. The molecule has 1 aromatic carbocycles. The molecule has 88 valence electrons. The average Bonchev–Trinajstić information content (AvgIpc) is 2.16. The van der Waals surface area contributed by atoms with Crippen molar-refractivity contribution in [1.29, 1.82) is 0 Å². The Hall–Kier alpha value is -1.02. The summed E-state index contributed by atoms with van der Waals surface area (Å²) < 4.78 is 5.88. The van der Waals surface area contributed by atoms with Gasteiger partial charge in [-0.2, -0.15) is 0 Å². The molecule has 1 saturated heterocycles. The summed E-state index contributed by atoms with van der Waals surface area (Å²) in [6, 6.07) is 4.35. The molecule has 0 aliphatic carbocycles. The zero-order chi connectivity index (χ0) is 11.5. The number of benzene rings is 1. The zero-order valence-corrected chi connectivity index (χ0v) is 10.5. The molecule has 0 atom stereocenters. The van der Waals surface area contributed by atoms with E-state index in [9.17, 15) is 0 Å². The lowest BCUT2D eigenvalue weighted by molar-refractivity contribution is 0.237. The fourth-order valence-electron chi connectivity index (χ4n) is 2.04. The lowest BCUT2D eigenvalue weighted by atomic mass is 10.0. The van der Waals surface area contributed by atoms with E-state index in [1.807, 2.05) is 0 Å². The van der Waals surface area contributed by atoms with Crippen LogP contribution in [0.25, 0.3) is 0 Å². The smallest absolute Gasteiger partial charge is 0.122 e. The Morgan fingerprint density at radius 3 is 2.62 bits per heavy atom. The maximum Gasteiger partial charge on any atom is 0.122 e. The SMILES string of the molecule is Cc1cc(C)c(C)c(OCCC2CNC2)c1. The molecule has 2 heteroatoms. The third-order valence-electron chi connectivity index (χ3n) is 3.41. The van der Waals surface area contributed by atoms with Crippen molar-refractivity contribution in [3.05, 3.63) is 28.8 Å². The van der Waals surface area contributed by atoms with Crippen molar-refractivity contribution in [2.45, 2.75) is 27.2 Å². The molecule has 0 unspecified atom stereocenters. The van der Waals surface area contributed by atoms with Crippen molar-refractivity contribution in [3.8, 4) is 5.75 Å². The monoisotopic (exact) mass is 219 g/mol. The van der Waals surface area contributed by atoms with E-state index in [0.29, 0.717) is 0 Å². The van der Waals surface area contributed by atoms with E-state index < -0.39 is 0 Å². The van der Waals surface area contributed by atoms with Crippen LogP contribution in [0.3, 0.4) is 0 Å². The maximum absolute atomic E-state index is 5.88. The molecule has 1 aliphatic rings. The van der Waals surface area contributed by atoms with Crippen molar-refractivity contribution in [3.63, 3.8) is 0 Å². The molecule has 1 N–H and O–H groups in total. The summed E-state index contributed by atoms with van der Waals surface area (Å²) in [4.78, 5) is 0. The Labute approximate surface area is 98.0 Å². The summed E-state index contributed by atoms with van der Waals surface area (Å²) >= 11 is 0. The minimum absolute atomic E-state index is 0.825. The molecule has 1 fully saturated rings. The first-order chi connectivity index (χ1) is 7.66. The van der Waals surface area contributed by atoms with Crippen LogP contribution in [0.5, 0.6) is 5.75 Å². The summed E-state index contributed by atoms with van der Waals surface area (Å²) in [5, 5.41) is 3.28. The van der Waals surface area contributed by atoms with Crippen LogP contribution in [-0.2, 0) is 0 Å². The second-order valence-corrected chi connectivity index (χ2v) is 4.87. The van der Waals surface area contributed by atoms with Crippen molar-refractivity contribution in [2.24, 2.45) is 5.92 Å². The fourth-order valence-corrected chi connectivity index (χ4v) is 2.04. The summed E-state index contributed by atoms with van der Waals surface area (Å²) in [5.41, 5.74) is 3.88. The number of nitrogens with one attached hydrogen (secondary N) is 1. The Balaban J connectivity index is 1.92. The minimum Gasteiger partial charge on any atom is -0.493 e. The molecule has 0 amide bonds. The Kier molecular flexibility index (Phi) is 3.49. The molecule has 0 bridgehead atoms. The van der Waals surface area contributed by atoms with Crippen molar-refractivity contribution in [2.75, 3.05) is 19.7 Å². The van der Waals surface area contributed by atoms with Gasteiger partial charge in [0.25, 0.3) is 0 Å². The summed E-state index contributed by atoms with van der Waals surface area (Å²) in [5.74, 6) is 1.89. The van der Waals surface area contributed by atoms with E-state index in [4.69, 9.17) is 4.74 Å². The van der Waals surface area contributed by atoms with Gasteiger partial charge in [-0.3, -0.25) is 0 Å². The van der Waals surface area contributed by atoms with Crippen molar-refractivity contribution >= 4 is 0 Å². The number of rotatable bonds is 4. The van der Waals surface area contributed by atoms with Gasteiger partial charge in [0.1, 0.15) is 5.75 Å². The number of hydrogen-bond acceptors (Lipinski definition) is 2. The third kappa shape index (κ3) is 2.56. The Morgan fingerprint density at radius 1 is 1.25 bits per heavy atom. The molecule has 0 aromatic heterocycles. The minimum atomic E-state index is 0.825. The number of ether oxygens (including phenoxy) is 1. The first-order valence-electron chi connectivity index (χ1n) is 6.08. The quantitative estimate of drug-likeness (QED) is 0.840. The average molecular weight is 219 g/mol. The first kappa shape index (κ1) is 11.5. The van der Waals surface area contributed by atoms with Gasteiger partial charge < -0.3 is 10.1 Å². The van der Waals surface area contributed by atoms with Crippen LogP contribution < -0.4 is 10.1 Å². The molecule has 1 heterocycles. The topological polar surface area (TPSA) is 21.3 Å². The summed E-state index contributed by atoms with van der Waals surface area (Å²) in [6.45, 7) is 9.57. The number of aryl methyl sites for hydroxylation is 2. The fraction of sp³-hybridized carbons (Fsp3) is 0.571. The summed E-state index contributed by atoms with van der Waals surface area (Å²) in [6.07, 6.45) is 1.17. The maximum atomic E-state index is 5.88. The highest BCUT2D eigenvalue weighted by atomic mass is 16.5. The van der Waals surface area contributed by atoms with Crippen LogP contribution >= 0.6 is 0 Å². The zero-order valence-electron chi connectivity index (χ0n) is 10.5. The molecule has 0 radical (unpaired) electrons. The summed E-state index contributed by atoms with van der Waals surface area (Å²) in [7, 11) is 0. The van der Waals surface area contributed by atoms with Crippen molar-refractivity contribution in [1.82, 2.24) is 5.32 Å². The van der Waals surface area contributed by atoms with Gasteiger partial charge in [0.05, 0.1) is 6.61 Å². The second kappa shape index (κ2) is 4.88. The predicted octanol–water partition coefficient (Wildman–Crippen LogP) is 2.60. The third-order valence-corrected chi connectivity index (χ3v) is 3.41. The molecule has 2 nitrogen and oxygen atoms in total. The van der Waals surface area contributed by atoms with E-state index >= 15 is 0 Å². The van der Waals surface area contributed by atoms with Gasteiger partial charge in [0, 0.05) is 0 Å². The largest absolute Gasteiger partial charge is 0.493 e. The normalized spacial score (nSPS) is 15.9. The van der Waals surface area contributed by atoms with Gasteiger partial charge in [-0.25, -0.2) is 0 Å². The van der Waals surface area contributed by atoms with Crippen LogP contribution in [0.1, 0.15) is 23.1 Å². The van der Waals surface area contributed by atoms with Crippen LogP contribution in [-0.4, -0.2) is 19.7 Å². The molecule has 1 aliphatic heterocycles. The molecular formula is C14H21NO. The Morgan fingerprint density at radius 2 is 2.00 bits per heavy atom. The molecule has 16 heavy (non-hydrogen) atoms. The standard InChI is InChI=1S/C14H21NO/c1-10-6-11(2)12(3)14(7-10)16-5-4-13-8-15-9-13/h6-7,13,15H,4-5,8-9H2,1-3H3. The van der Waals surface area contributed by atoms with Gasteiger partial charge in [-0.05, 0) is 69.0 Å². The number of hydrogen-bond donors (Lipinski definition) is 1. The van der Waals surface area contributed by atoms with Crippen LogP contribution in [0.15, 0.2) is 12.1 Å². The van der Waals surface area contributed by atoms with E-state index in [-0.39, 0.29) is 0 Å². The lowest BCUT2D eigenvalue weighted by Crippen LogP contribution is -2.42.